The lowest BCUT2D eigenvalue weighted by Gasteiger charge is -2.31. The van der Waals surface area contributed by atoms with Crippen LogP contribution in [0.4, 0.5) is 0 Å². The number of para-hydroxylation sites is 1. The summed E-state index contributed by atoms with van der Waals surface area (Å²) < 4.78 is 1.83. The first-order chi connectivity index (χ1) is 14.5. The van der Waals surface area contributed by atoms with Gasteiger partial charge in [0.2, 0.25) is 5.91 Å². The minimum atomic E-state index is 0.0299. The molecule has 160 valence electrons. The fourth-order valence-electron chi connectivity index (χ4n) is 4.17. The van der Waals surface area contributed by atoms with Gasteiger partial charge in [-0.25, -0.2) is 4.98 Å². The lowest BCUT2D eigenvalue weighted by molar-refractivity contribution is -0.122. The summed E-state index contributed by atoms with van der Waals surface area (Å²) in [4.78, 5) is 32.7. The van der Waals surface area contributed by atoms with Crippen LogP contribution >= 0.6 is 0 Å². The van der Waals surface area contributed by atoms with Crippen molar-refractivity contribution in [2.75, 3.05) is 19.6 Å². The number of likely N-dealkylation sites (tertiary alicyclic amines) is 1. The maximum atomic E-state index is 12.9. The quantitative estimate of drug-likeness (QED) is 0.715. The van der Waals surface area contributed by atoms with Crippen molar-refractivity contribution < 1.29 is 4.79 Å². The first kappa shape index (κ1) is 20.8. The molecule has 0 bridgehead atoms. The fraction of sp³-hybridized carbons (Fsp3) is 0.542. The van der Waals surface area contributed by atoms with Crippen LogP contribution in [0, 0.1) is 0 Å². The van der Waals surface area contributed by atoms with Crippen molar-refractivity contribution in [1.29, 1.82) is 0 Å². The number of aryl methyl sites for hydroxylation is 1. The first-order valence-electron chi connectivity index (χ1n) is 11.2. The number of fused-ring (bicyclic) bond motifs is 1. The Morgan fingerprint density at radius 2 is 1.90 bits per heavy atom. The third-order valence-corrected chi connectivity index (χ3v) is 6.08. The minimum Gasteiger partial charge on any atom is -0.353 e. The molecule has 2 fully saturated rings. The number of nitrogens with one attached hydrogen (secondary N) is 1. The molecule has 1 aromatic heterocycles. The molecule has 1 aliphatic heterocycles. The number of amides is 1. The van der Waals surface area contributed by atoms with E-state index in [0.29, 0.717) is 18.2 Å². The van der Waals surface area contributed by atoms with Crippen molar-refractivity contribution >= 4 is 16.8 Å². The lowest BCUT2D eigenvalue weighted by Crippen LogP contribution is -2.44. The van der Waals surface area contributed by atoms with Gasteiger partial charge in [-0.2, -0.15) is 0 Å². The lowest BCUT2D eigenvalue weighted by atomic mass is 10.0. The second kappa shape index (κ2) is 9.13. The molecular formula is C24H32N4O2. The third kappa shape index (κ3) is 4.98. The standard InChI is InChI=1S/C24H32N4O2/c1-17(2)11-14-27-15-12-18(13-16-27)25-23(29)10-9-22-26-21-6-4-3-5-20(21)24(30)28(22)19-7-8-19/h3-6,11,18-19H,7-10,12-16H2,1-2H3,(H,25,29). The van der Waals surface area contributed by atoms with Crippen molar-refractivity contribution in [1.82, 2.24) is 19.8 Å². The highest BCUT2D eigenvalue weighted by Crippen LogP contribution is 2.34. The van der Waals surface area contributed by atoms with E-state index in [1.165, 1.54) is 5.57 Å². The number of carbonyl (C=O) groups is 1. The van der Waals surface area contributed by atoms with Crippen LogP contribution in [-0.4, -0.2) is 46.0 Å². The van der Waals surface area contributed by atoms with Crippen LogP contribution < -0.4 is 10.9 Å². The molecule has 2 aliphatic rings. The molecule has 1 saturated heterocycles. The molecule has 2 heterocycles. The molecule has 30 heavy (non-hydrogen) atoms. The van der Waals surface area contributed by atoms with E-state index in [9.17, 15) is 9.59 Å². The van der Waals surface area contributed by atoms with Gasteiger partial charge in [-0.1, -0.05) is 23.8 Å². The van der Waals surface area contributed by atoms with Crippen LogP contribution in [0.15, 0.2) is 40.7 Å². The van der Waals surface area contributed by atoms with Crippen molar-refractivity contribution in [2.24, 2.45) is 0 Å². The fourth-order valence-corrected chi connectivity index (χ4v) is 4.17. The van der Waals surface area contributed by atoms with Crippen molar-refractivity contribution in [3.63, 3.8) is 0 Å². The number of piperidine rings is 1. The van der Waals surface area contributed by atoms with E-state index in [4.69, 9.17) is 4.98 Å². The summed E-state index contributed by atoms with van der Waals surface area (Å²) in [5.41, 5.74) is 2.10. The highest BCUT2D eigenvalue weighted by atomic mass is 16.1. The molecule has 4 rings (SSSR count). The summed E-state index contributed by atoms with van der Waals surface area (Å²) in [6.45, 7) is 7.28. The Labute approximate surface area is 178 Å². The second-order valence-electron chi connectivity index (χ2n) is 8.88. The van der Waals surface area contributed by atoms with Gasteiger partial charge in [0, 0.05) is 44.6 Å². The van der Waals surface area contributed by atoms with Crippen molar-refractivity contribution in [3.8, 4) is 0 Å². The van der Waals surface area contributed by atoms with E-state index in [0.717, 1.165) is 56.7 Å². The average Bonchev–Trinajstić information content (AvgIpc) is 3.57. The zero-order chi connectivity index (χ0) is 21.1. The highest BCUT2D eigenvalue weighted by Gasteiger charge is 2.28. The summed E-state index contributed by atoms with van der Waals surface area (Å²) in [6.07, 6.45) is 7.15. The minimum absolute atomic E-state index is 0.0299. The number of nitrogens with zero attached hydrogens (tertiary/aromatic N) is 3. The Hall–Kier alpha value is -2.47. The van der Waals surface area contributed by atoms with Gasteiger partial charge in [-0.15, -0.1) is 0 Å². The number of aromatic nitrogens is 2. The van der Waals surface area contributed by atoms with Gasteiger partial charge in [0.05, 0.1) is 10.9 Å². The zero-order valence-corrected chi connectivity index (χ0v) is 18.1. The number of hydrogen-bond acceptors (Lipinski definition) is 4. The Morgan fingerprint density at radius 3 is 2.60 bits per heavy atom. The number of rotatable bonds is 7. The SMILES string of the molecule is CC(C)=CCN1CCC(NC(=O)CCc2nc3ccccc3c(=O)n2C2CC2)CC1. The Morgan fingerprint density at radius 1 is 1.17 bits per heavy atom. The summed E-state index contributed by atoms with van der Waals surface area (Å²) in [5, 5.41) is 3.86. The van der Waals surface area contributed by atoms with Crippen molar-refractivity contribution in [2.45, 2.75) is 64.5 Å². The number of hydrogen-bond donors (Lipinski definition) is 1. The molecule has 6 heteroatoms. The molecular weight excluding hydrogens is 376 g/mol. The summed E-state index contributed by atoms with van der Waals surface area (Å²) in [6, 6.07) is 7.98. The third-order valence-electron chi connectivity index (χ3n) is 6.08. The number of carbonyl (C=O) groups excluding carboxylic acids is 1. The number of allylic oxidation sites excluding steroid dienone is 1. The van der Waals surface area contributed by atoms with E-state index in [1.807, 2.05) is 28.8 Å². The average molecular weight is 409 g/mol. The van der Waals surface area contributed by atoms with Crippen LogP contribution in [0.5, 0.6) is 0 Å². The van der Waals surface area contributed by atoms with E-state index in [2.05, 4.69) is 30.1 Å². The topological polar surface area (TPSA) is 67.2 Å². The van der Waals surface area contributed by atoms with E-state index in [-0.39, 0.29) is 23.6 Å². The highest BCUT2D eigenvalue weighted by molar-refractivity contribution is 5.78. The van der Waals surface area contributed by atoms with Gasteiger partial charge >= 0.3 is 0 Å². The molecule has 0 atom stereocenters. The van der Waals surface area contributed by atoms with Crippen molar-refractivity contribution in [3.05, 3.63) is 52.1 Å². The molecule has 1 amide bonds. The van der Waals surface area contributed by atoms with Crippen LogP contribution in [0.3, 0.4) is 0 Å². The van der Waals surface area contributed by atoms with Crippen LogP contribution in [0.25, 0.3) is 10.9 Å². The predicted octanol–water partition coefficient (Wildman–Crippen LogP) is 3.21. The van der Waals surface area contributed by atoms with Gasteiger partial charge < -0.3 is 5.32 Å². The van der Waals surface area contributed by atoms with Gasteiger partial charge in [-0.05, 0) is 51.7 Å². The normalized spacial score (nSPS) is 17.8. The largest absolute Gasteiger partial charge is 0.353 e. The maximum absolute atomic E-state index is 12.9. The van der Waals surface area contributed by atoms with E-state index < -0.39 is 0 Å². The van der Waals surface area contributed by atoms with Gasteiger partial charge in [-0.3, -0.25) is 19.1 Å². The predicted molar refractivity (Wildman–Crippen MR) is 120 cm³/mol. The molecule has 1 aliphatic carbocycles. The van der Waals surface area contributed by atoms with Gasteiger partial charge in [0.15, 0.2) is 0 Å². The molecule has 1 aromatic carbocycles. The second-order valence-corrected chi connectivity index (χ2v) is 8.88. The molecule has 1 saturated carbocycles. The van der Waals surface area contributed by atoms with Crippen LogP contribution in [-0.2, 0) is 11.2 Å². The first-order valence-corrected chi connectivity index (χ1v) is 11.2. The Bertz CT molecular complexity index is 994. The summed E-state index contributed by atoms with van der Waals surface area (Å²) in [5.74, 6) is 0.801. The monoisotopic (exact) mass is 408 g/mol. The Kier molecular flexibility index (Phi) is 6.32. The van der Waals surface area contributed by atoms with Gasteiger partial charge in [0.25, 0.3) is 5.56 Å². The summed E-state index contributed by atoms with van der Waals surface area (Å²) in [7, 11) is 0. The molecule has 0 radical (unpaired) electrons. The number of benzene rings is 1. The smallest absolute Gasteiger partial charge is 0.261 e. The zero-order valence-electron chi connectivity index (χ0n) is 18.1. The van der Waals surface area contributed by atoms with E-state index in [1.54, 1.807) is 0 Å². The Balaban J connectivity index is 1.35. The molecule has 0 unspecified atom stereocenters. The molecule has 1 N–H and O–H groups in total. The molecule has 6 nitrogen and oxygen atoms in total. The van der Waals surface area contributed by atoms with Crippen LogP contribution in [0.1, 0.15) is 57.8 Å². The van der Waals surface area contributed by atoms with E-state index >= 15 is 0 Å². The van der Waals surface area contributed by atoms with Gasteiger partial charge in [0.1, 0.15) is 5.82 Å². The summed E-state index contributed by atoms with van der Waals surface area (Å²) >= 11 is 0. The maximum Gasteiger partial charge on any atom is 0.261 e. The molecule has 0 spiro atoms. The molecule has 2 aromatic rings. The van der Waals surface area contributed by atoms with Crippen LogP contribution in [0.2, 0.25) is 0 Å².